The summed E-state index contributed by atoms with van der Waals surface area (Å²) in [5.41, 5.74) is 1.27. The molecular weight excluding hydrogens is 272 g/mol. The van der Waals surface area contributed by atoms with Gasteiger partial charge in [0.1, 0.15) is 0 Å². The molecule has 0 spiro atoms. The number of amides is 1. The molecule has 1 aliphatic carbocycles. The van der Waals surface area contributed by atoms with Gasteiger partial charge in [-0.25, -0.2) is 0 Å². The zero-order chi connectivity index (χ0) is 15.8. The molecule has 1 aromatic rings. The molecular formula is C19H28N2O. The lowest BCUT2D eigenvalue weighted by Crippen LogP contribution is -2.40. The van der Waals surface area contributed by atoms with Gasteiger partial charge in [-0.2, -0.15) is 0 Å². The molecule has 0 bridgehead atoms. The predicted octanol–water partition coefficient (Wildman–Crippen LogP) is 3.54. The van der Waals surface area contributed by atoms with E-state index in [4.69, 9.17) is 0 Å². The summed E-state index contributed by atoms with van der Waals surface area (Å²) in [6, 6.07) is 10.7. The Labute approximate surface area is 134 Å². The molecule has 1 amide bonds. The third kappa shape index (κ3) is 4.44. The third-order valence-corrected chi connectivity index (χ3v) is 4.55. The van der Waals surface area contributed by atoms with Gasteiger partial charge in [0.15, 0.2) is 0 Å². The molecule has 1 N–H and O–H groups in total. The molecule has 2 rings (SSSR count). The van der Waals surface area contributed by atoms with Crippen LogP contribution in [0.25, 0.3) is 0 Å². The highest BCUT2D eigenvalue weighted by Crippen LogP contribution is 2.21. The van der Waals surface area contributed by atoms with Gasteiger partial charge in [-0.05, 0) is 37.9 Å². The number of allylic oxidation sites excluding steroid dienone is 2. The van der Waals surface area contributed by atoms with Crippen molar-refractivity contribution in [2.24, 2.45) is 5.92 Å². The number of carbonyl (C=O) groups excluding carboxylic acids is 1. The van der Waals surface area contributed by atoms with E-state index in [0.717, 1.165) is 32.4 Å². The Kier molecular flexibility index (Phi) is 6.66. The average Bonchev–Trinajstić information content (AvgIpc) is 2.60. The Balaban J connectivity index is 2.00. The van der Waals surface area contributed by atoms with Crippen LogP contribution in [0.3, 0.4) is 0 Å². The number of hydrogen-bond donors (Lipinski definition) is 1. The Morgan fingerprint density at radius 1 is 1.23 bits per heavy atom. The van der Waals surface area contributed by atoms with Crippen LogP contribution in [-0.4, -0.2) is 30.4 Å². The van der Waals surface area contributed by atoms with Crippen LogP contribution in [0.15, 0.2) is 42.5 Å². The van der Waals surface area contributed by atoms with Gasteiger partial charge in [-0.1, -0.05) is 56.3 Å². The van der Waals surface area contributed by atoms with Crippen LogP contribution in [0.1, 0.15) is 44.7 Å². The van der Waals surface area contributed by atoms with Crippen molar-refractivity contribution >= 4 is 5.91 Å². The molecule has 22 heavy (non-hydrogen) atoms. The van der Waals surface area contributed by atoms with Gasteiger partial charge >= 0.3 is 0 Å². The molecule has 2 atom stereocenters. The molecule has 0 heterocycles. The molecule has 0 fully saturated rings. The summed E-state index contributed by atoms with van der Waals surface area (Å²) in [4.78, 5) is 14.8. The highest BCUT2D eigenvalue weighted by molar-refractivity contribution is 5.79. The minimum absolute atomic E-state index is 0.151. The lowest BCUT2D eigenvalue weighted by Gasteiger charge is -2.31. The monoisotopic (exact) mass is 300 g/mol. The van der Waals surface area contributed by atoms with E-state index in [1.807, 2.05) is 6.07 Å². The summed E-state index contributed by atoms with van der Waals surface area (Å²) in [5, 5.41) is 3.19. The van der Waals surface area contributed by atoms with Crippen LogP contribution in [-0.2, 0) is 4.79 Å². The molecule has 0 saturated heterocycles. The van der Waals surface area contributed by atoms with Crippen molar-refractivity contribution in [2.75, 3.05) is 19.6 Å². The molecule has 1 aliphatic rings. The Morgan fingerprint density at radius 3 is 2.55 bits per heavy atom. The number of benzene rings is 1. The molecule has 0 aromatic heterocycles. The van der Waals surface area contributed by atoms with Gasteiger partial charge in [-0.3, -0.25) is 9.69 Å². The summed E-state index contributed by atoms with van der Waals surface area (Å²) < 4.78 is 0. The van der Waals surface area contributed by atoms with E-state index in [1.165, 1.54) is 5.56 Å². The topological polar surface area (TPSA) is 32.3 Å². The van der Waals surface area contributed by atoms with Gasteiger partial charge in [0.25, 0.3) is 0 Å². The number of rotatable bonds is 7. The van der Waals surface area contributed by atoms with Crippen LogP contribution in [0, 0.1) is 5.92 Å². The first-order valence-corrected chi connectivity index (χ1v) is 8.48. The van der Waals surface area contributed by atoms with Gasteiger partial charge < -0.3 is 5.32 Å². The second kappa shape index (κ2) is 8.74. The fourth-order valence-corrected chi connectivity index (χ4v) is 3.17. The summed E-state index contributed by atoms with van der Waals surface area (Å²) in [5.74, 6) is 0.357. The SMILES string of the molecule is CCN(CC)C(CNC(=O)C1CC=CCC1)c1ccccc1. The maximum Gasteiger partial charge on any atom is 0.223 e. The standard InChI is InChI=1S/C19H28N2O/c1-3-21(4-2)18(16-11-7-5-8-12-16)15-20-19(22)17-13-9-6-10-14-17/h5-9,11-12,17-18H,3-4,10,13-15H2,1-2H3,(H,20,22). The normalized spacial score (nSPS) is 19.1. The maximum absolute atomic E-state index is 12.4. The van der Waals surface area contributed by atoms with Crippen molar-refractivity contribution in [1.82, 2.24) is 10.2 Å². The quantitative estimate of drug-likeness (QED) is 0.781. The van der Waals surface area contributed by atoms with Crippen molar-refractivity contribution in [2.45, 2.75) is 39.2 Å². The lowest BCUT2D eigenvalue weighted by molar-refractivity contribution is -0.125. The molecule has 0 saturated carbocycles. The molecule has 3 heteroatoms. The van der Waals surface area contributed by atoms with Crippen LogP contribution >= 0.6 is 0 Å². The molecule has 0 aliphatic heterocycles. The zero-order valence-corrected chi connectivity index (χ0v) is 13.8. The van der Waals surface area contributed by atoms with E-state index < -0.39 is 0 Å². The summed E-state index contributed by atoms with van der Waals surface area (Å²) in [6.45, 7) is 7.00. The van der Waals surface area contributed by atoms with Gasteiger partial charge in [0.2, 0.25) is 5.91 Å². The van der Waals surface area contributed by atoms with E-state index in [0.29, 0.717) is 6.54 Å². The highest BCUT2D eigenvalue weighted by Gasteiger charge is 2.22. The van der Waals surface area contributed by atoms with Crippen molar-refractivity contribution < 1.29 is 4.79 Å². The molecule has 0 radical (unpaired) electrons. The number of nitrogens with one attached hydrogen (secondary N) is 1. The first-order chi connectivity index (χ1) is 10.8. The van der Waals surface area contributed by atoms with E-state index >= 15 is 0 Å². The van der Waals surface area contributed by atoms with Crippen molar-refractivity contribution in [3.63, 3.8) is 0 Å². The number of hydrogen-bond acceptors (Lipinski definition) is 2. The highest BCUT2D eigenvalue weighted by atomic mass is 16.1. The fourth-order valence-electron chi connectivity index (χ4n) is 3.17. The maximum atomic E-state index is 12.4. The second-order valence-electron chi connectivity index (χ2n) is 5.87. The summed E-state index contributed by atoms with van der Waals surface area (Å²) in [7, 11) is 0. The minimum Gasteiger partial charge on any atom is -0.354 e. The van der Waals surface area contributed by atoms with Gasteiger partial charge in [0.05, 0.1) is 6.04 Å². The minimum atomic E-state index is 0.151. The van der Waals surface area contributed by atoms with Crippen LogP contribution in [0.5, 0.6) is 0 Å². The largest absolute Gasteiger partial charge is 0.354 e. The summed E-state index contributed by atoms with van der Waals surface area (Å²) in [6.07, 6.45) is 7.19. The van der Waals surface area contributed by atoms with E-state index in [1.54, 1.807) is 0 Å². The third-order valence-electron chi connectivity index (χ3n) is 4.55. The predicted molar refractivity (Wildman–Crippen MR) is 91.6 cm³/mol. The Hall–Kier alpha value is -1.61. The molecule has 1 aromatic carbocycles. The number of nitrogens with zero attached hydrogens (tertiary/aromatic N) is 1. The Bertz CT molecular complexity index is 479. The van der Waals surface area contributed by atoms with Gasteiger partial charge in [-0.15, -0.1) is 0 Å². The molecule has 120 valence electrons. The fraction of sp³-hybridized carbons (Fsp3) is 0.526. The van der Waals surface area contributed by atoms with E-state index in [9.17, 15) is 4.79 Å². The lowest BCUT2D eigenvalue weighted by atomic mass is 9.93. The molecule has 3 nitrogen and oxygen atoms in total. The zero-order valence-electron chi connectivity index (χ0n) is 13.8. The molecule has 2 unspecified atom stereocenters. The summed E-state index contributed by atoms with van der Waals surface area (Å²) >= 11 is 0. The average molecular weight is 300 g/mol. The van der Waals surface area contributed by atoms with Gasteiger partial charge in [0, 0.05) is 12.5 Å². The van der Waals surface area contributed by atoms with Crippen molar-refractivity contribution in [3.8, 4) is 0 Å². The second-order valence-corrected chi connectivity index (χ2v) is 5.87. The van der Waals surface area contributed by atoms with Crippen molar-refractivity contribution in [1.29, 1.82) is 0 Å². The first kappa shape index (κ1) is 16.8. The smallest absolute Gasteiger partial charge is 0.223 e. The van der Waals surface area contributed by atoms with Crippen LogP contribution in [0.4, 0.5) is 0 Å². The first-order valence-electron chi connectivity index (χ1n) is 8.48. The number of carbonyl (C=O) groups is 1. The van der Waals surface area contributed by atoms with Crippen LogP contribution in [0.2, 0.25) is 0 Å². The van der Waals surface area contributed by atoms with Crippen LogP contribution < -0.4 is 5.32 Å². The van der Waals surface area contributed by atoms with Crippen molar-refractivity contribution in [3.05, 3.63) is 48.0 Å². The number of likely N-dealkylation sites (N-methyl/N-ethyl adjacent to an activating group) is 1. The van der Waals surface area contributed by atoms with E-state index in [2.05, 4.69) is 60.5 Å². The Morgan fingerprint density at radius 2 is 1.95 bits per heavy atom. The van der Waals surface area contributed by atoms with E-state index in [-0.39, 0.29) is 17.9 Å².